The van der Waals surface area contributed by atoms with Gasteiger partial charge in [0.25, 0.3) is 0 Å². The predicted octanol–water partition coefficient (Wildman–Crippen LogP) is 4.37. The zero-order valence-electron chi connectivity index (χ0n) is 15.2. The van der Waals surface area contributed by atoms with E-state index in [1.165, 1.54) is 4.88 Å². The number of carbonyl (C=O) groups excluding carboxylic acids is 2. The molecule has 0 saturated heterocycles. The average molecular weight is 425 g/mol. The van der Waals surface area contributed by atoms with Crippen LogP contribution in [0.1, 0.15) is 57.5 Å². The summed E-state index contributed by atoms with van der Waals surface area (Å²) in [5, 5.41) is 3.78. The van der Waals surface area contributed by atoms with E-state index in [0.717, 1.165) is 37.8 Å². The number of aryl methyl sites for hydroxylation is 1. The van der Waals surface area contributed by atoms with Crippen molar-refractivity contribution >= 4 is 44.1 Å². The van der Waals surface area contributed by atoms with Crippen LogP contribution in [-0.2, 0) is 22.4 Å². The lowest BCUT2D eigenvalue weighted by atomic mass is 9.64. The highest BCUT2D eigenvalue weighted by Crippen LogP contribution is 2.72. The van der Waals surface area contributed by atoms with Crippen molar-refractivity contribution in [3.05, 3.63) is 10.6 Å². The van der Waals surface area contributed by atoms with Crippen LogP contribution in [0, 0.1) is 22.2 Å². The first-order valence-corrected chi connectivity index (χ1v) is 10.8. The zero-order chi connectivity index (χ0) is 18.2. The number of fused-ring (bicyclic) bond motifs is 3. The van der Waals surface area contributed by atoms with Crippen molar-refractivity contribution in [2.75, 3.05) is 5.32 Å². The van der Waals surface area contributed by atoms with Crippen molar-refractivity contribution in [1.29, 1.82) is 0 Å². The molecule has 25 heavy (non-hydrogen) atoms. The first-order valence-electron chi connectivity index (χ1n) is 9.12. The fourth-order valence-corrected chi connectivity index (χ4v) is 7.94. The number of hydrogen-bond donors (Lipinski definition) is 1. The van der Waals surface area contributed by atoms with Gasteiger partial charge in [0.05, 0.1) is 15.9 Å². The van der Waals surface area contributed by atoms with Gasteiger partial charge in [0.2, 0.25) is 5.91 Å². The van der Waals surface area contributed by atoms with Crippen molar-refractivity contribution in [1.82, 2.24) is 4.98 Å². The largest absolute Gasteiger partial charge is 0.301 e. The summed E-state index contributed by atoms with van der Waals surface area (Å²) < 4.78 is 0. The number of carbonyl (C=O) groups is 2. The predicted molar refractivity (Wildman–Crippen MR) is 103 cm³/mol. The Kier molecular flexibility index (Phi) is 3.80. The highest BCUT2D eigenvalue weighted by atomic mass is 79.9. The van der Waals surface area contributed by atoms with E-state index in [2.05, 4.69) is 47.0 Å². The van der Waals surface area contributed by atoms with E-state index in [0.29, 0.717) is 11.0 Å². The van der Waals surface area contributed by atoms with Gasteiger partial charge in [0, 0.05) is 10.3 Å². The van der Waals surface area contributed by atoms with Crippen LogP contribution in [0.25, 0.3) is 0 Å². The number of amides is 1. The number of Topliss-reactive ketones (excluding diaryl/α,β-unsaturated/α-hetero) is 1. The maximum atomic E-state index is 13.4. The standard InChI is InChI=1S/C19H25BrN2O2S/c1-10-5-6-11-12(9-10)25-16(21-11)22-15(24)19-8-7-18(4,17(19,2)3)14(23)13(19)20/h10,13H,5-9H2,1-4H3,(H,21,22,24). The zero-order valence-corrected chi connectivity index (χ0v) is 17.6. The minimum atomic E-state index is -0.696. The molecule has 2 saturated carbocycles. The minimum Gasteiger partial charge on any atom is -0.301 e. The van der Waals surface area contributed by atoms with Crippen molar-refractivity contribution in [3.8, 4) is 0 Å². The summed E-state index contributed by atoms with van der Waals surface area (Å²) in [4.78, 5) is 31.7. The SMILES string of the molecule is CC1CCc2nc(NC(=O)C34CCC(C)(C(=O)C3Br)C4(C)C)sc2C1. The summed E-state index contributed by atoms with van der Waals surface area (Å²) in [5.41, 5.74) is -0.362. The van der Waals surface area contributed by atoms with Gasteiger partial charge < -0.3 is 5.32 Å². The van der Waals surface area contributed by atoms with Crippen molar-refractivity contribution in [2.45, 2.75) is 64.6 Å². The fourth-order valence-electron chi connectivity index (χ4n) is 5.26. The second kappa shape index (κ2) is 5.38. The quantitative estimate of drug-likeness (QED) is 0.717. The van der Waals surface area contributed by atoms with E-state index < -0.39 is 15.7 Å². The molecule has 3 aliphatic carbocycles. The molecular formula is C19H25BrN2O2S. The highest BCUT2D eigenvalue weighted by Gasteiger charge is 2.76. The molecule has 1 aromatic rings. The van der Waals surface area contributed by atoms with Gasteiger partial charge in [-0.3, -0.25) is 9.59 Å². The lowest BCUT2D eigenvalue weighted by molar-refractivity contribution is -0.130. The lowest BCUT2D eigenvalue weighted by Crippen LogP contribution is -2.47. The molecule has 0 spiro atoms. The van der Waals surface area contributed by atoms with Gasteiger partial charge >= 0.3 is 0 Å². The molecule has 1 N–H and O–H groups in total. The number of thiazole rings is 1. The summed E-state index contributed by atoms with van der Waals surface area (Å²) in [7, 11) is 0. The third-order valence-corrected chi connectivity index (χ3v) is 9.77. The van der Waals surface area contributed by atoms with E-state index >= 15 is 0 Å². The minimum absolute atomic E-state index is 0.0481. The highest BCUT2D eigenvalue weighted by molar-refractivity contribution is 9.10. The topological polar surface area (TPSA) is 59.1 Å². The van der Waals surface area contributed by atoms with Gasteiger partial charge in [0.15, 0.2) is 10.9 Å². The van der Waals surface area contributed by atoms with Gasteiger partial charge in [-0.2, -0.15) is 0 Å². The third kappa shape index (κ3) is 2.07. The molecule has 0 aromatic carbocycles. The van der Waals surface area contributed by atoms with Gasteiger partial charge in [0.1, 0.15) is 0 Å². The van der Waals surface area contributed by atoms with E-state index in [4.69, 9.17) is 0 Å². The normalized spacial score (nSPS) is 38.7. The Balaban J connectivity index is 1.65. The first kappa shape index (κ1) is 17.7. The monoisotopic (exact) mass is 424 g/mol. The summed E-state index contributed by atoms with van der Waals surface area (Å²) in [6.07, 6.45) is 4.73. The molecule has 2 fully saturated rings. The Labute approximate surface area is 161 Å². The van der Waals surface area contributed by atoms with Gasteiger partial charge in [-0.15, -0.1) is 11.3 Å². The molecule has 4 rings (SSSR count). The number of nitrogens with one attached hydrogen (secondary N) is 1. The summed E-state index contributed by atoms with van der Waals surface area (Å²) in [5.74, 6) is 0.809. The van der Waals surface area contributed by atoms with Crippen LogP contribution >= 0.6 is 27.3 Å². The van der Waals surface area contributed by atoms with Crippen LogP contribution in [0.3, 0.4) is 0 Å². The van der Waals surface area contributed by atoms with Gasteiger partial charge in [-0.05, 0) is 43.4 Å². The van der Waals surface area contributed by atoms with Gasteiger partial charge in [-0.25, -0.2) is 4.98 Å². The van der Waals surface area contributed by atoms with Gasteiger partial charge in [-0.1, -0.05) is 43.6 Å². The maximum Gasteiger partial charge on any atom is 0.234 e. The number of aromatic nitrogens is 1. The number of nitrogens with zero attached hydrogens (tertiary/aromatic N) is 1. The Morgan fingerprint density at radius 1 is 1.32 bits per heavy atom. The summed E-state index contributed by atoms with van der Waals surface area (Å²) in [6, 6.07) is 0. The first-order chi connectivity index (χ1) is 11.6. The molecule has 2 bridgehead atoms. The molecule has 4 atom stereocenters. The second-order valence-electron chi connectivity index (χ2n) is 8.85. The number of rotatable bonds is 2. The average Bonchev–Trinajstić information content (AvgIpc) is 3.05. The van der Waals surface area contributed by atoms with Crippen LogP contribution in [0.15, 0.2) is 0 Å². The number of ketones is 1. The number of anilines is 1. The summed E-state index contributed by atoms with van der Waals surface area (Å²) >= 11 is 5.19. The molecule has 4 nitrogen and oxygen atoms in total. The lowest BCUT2D eigenvalue weighted by Gasteiger charge is -2.39. The molecule has 4 unspecified atom stereocenters. The van der Waals surface area contributed by atoms with Crippen LogP contribution < -0.4 is 5.32 Å². The molecule has 3 aliphatic rings. The summed E-state index contributed by atoms with van der Waals surface area (Å²) in [6.45, 7) is 8.44. The van der Waals surface area contributed by atoms with Crippen molar-refractivity contribution < 1.29 is 9.59 Å². The van der Waals surface area contributed by atoms with Crippen LogP contribution in [0.4, 0.5) is 5.13 Å². The number of hydrogen-bond acceptors (Lipinski definition) is 4. The molecule has 136 valence electrons. The Bertz CT molecular complexity index is 773. The molecule has 0 aliphatic heterocycles. The Morgan fingerprint density at radius 3 is 2.68 bits per heavy atom. The molecule has 1 amide bonds. The maximum absolute atomic E-state index is 13.4. The van der Waals surface area contributed by atoms with E-state index in [1.807, 2.05) is 6.92 Å². The van der Waals surface area contributed by atoms with E-state index in [9.17, 15) is 9.59 Å². The molecule has 6 heteroatoms. The van der Waals surface area contributed by atoms with Crippen molar-refractivity contribution in [3.63, 3.8) is 0 Å². The number of alkyl halides is 1. The molecular weight excluding hydrogens is 400 g/mol. The second-order valence-corrected chi connectivity index (χ2v) is 10.8. The molecule has 0 radical (unpaired) electrons. The Morgan fingerprint density at radius 2 is 2.04 bits per heavy atom. The Hall–Kier alpha value is -0.750. The molecule has 1 heterocycles. The fraction of sp³-hybridized carbons (Fsp3) is 0.737. The third-order valence-electron chi connectivity index (χ3n) is 7.53. The van der Waals surface area contributed by atoms with Crippen LogP contribution in [0.2, 0.25) is 0 Å². The van der Waals surface area contributed by atoms with Crippen LogP contribution in [0.5, 0.6) is 0 Å². The number of halogens is 1. The molecule has 1 aromatic heterocycles. The smallest absolute Gasteiger partial charge is 0.234 e. The van der Waals surface area contributed by atoms with E-state index in [-0.39, 0.29) is 17.1 Å². The van der Waals surface area contributed by atoms with Crippen LogP contribution in [-0.4, -0.2) is 21.5 Å². The van der Waals surface area contributed by atoms with E-state index in [1.54, 1.807) is 11.3 Å². The van der Waals surface area contributed by atoms with Crippen molar-refractivity contribution in [2.24, 2.45) is 22.2 Å².